The highest BCUT2D eigenvalue weighted by molar-refractivity contribution is 7.07. The lowest BCUT2D eigenvalue weighted by Crippen LogP contribution is -2.17. The molecule has 0 bridgehead atoms. The number of benzene rings is 3. The Kier molecular flexibility index (Phi) is 5.83. The number of phenolic OH excluding ortho intramolecular Hbond substituents is 1. The lowest BCUT2D eigenvalue weighted by Gasteiger charge is -2.07. The molecule has 0 spiro atoms. The van der Waals surface area contributed by atoms with Crippen LogP contribution in [0.4, 0.5) is 4.39 Å². The summed E-state index contributed by atoms with van der Waals surface area (Å²) in [5.74, 6) is -0.193. The van der Waals surface area contributed by atoms with E-state index >= 15 is 0 Å². The summed E-state index contributed by atoms with van der Waals surface area (Å²) in [5.41, 5.74) is 1.66. The van der Waals surface area contributed by atoms with Crippen LogP contribution in [0.2, 0.25) is 0 Å². The highest BCUT2D eigenvalue weighted by Gasteiger charge is 2.16. The van der Waals surface area contributed by atoms with Crippen LogP contribution in [0.3, 0.4) is 0 Å². The van der Waals surface area contributed by atoms with Gasteiger partial charge in [-0.2, -0.15) is 5.10 Å². The molecule has 1 unspecified atom stereocenters. The zero-order chi connectivity index (χ0) is 21.9. The fourth-order valence-corrected chi connectivity index (χ4v) is 4.72. The van der Waals surface area contributed by atoms with Crippen molar-refractivity contribution < 1.29 is 14.2 Å². The number of nitrogens with zero attached hydrogens (tertiary/aromatic N) is 3. The van der Waals surface area contributed by atoms with E-state index in [1.165, 1.54) is 17.4 Å². The molecule has 162 valence electrons. The Labute approximate surface area is 188 Å². The van der Waals surface area contributed by atoms with Gasteiger partial charge in [0.15, 0.2) is 0 Å². The van der Waals surface area contributed by atoms with Gasteiger partial charge in [0.05, 0.1) is 24.6 Å². The van der Waals surface area contributed by atoms with Gasteiger partial charge in [-0.1, -0.05) is 42.5 Å². The number of thiazole rings is 1. The maximum atomic E-state index is 14.6. The molecule has 1 aliphatic heterocycles. The molecule has 1 fully saturated rings. The van der Waals surface area contributed by atoms with Crippen molar-refractivity contribution in [3.63, 3.8) is 0 Å². The molecular weight excluding hydrogens is 425 g/mol. The van der Waals surface area contributed by atoms with E-state index in [9.17, 15) is 9.50 Å². The number of hydrogen-bond donors (Lipinski definition) is 1. The van der Waals surface area contributed by atoms with Crippen LogP contribution < -0.4 is 4.80 Å². The molecule has 1 N–H and O–H groups in total. The maximum absolute atomic E-state index is 14.6. The molecule has 0 saturated carbocycles. The first kappa shape index (κ1) is 20.6. The lowest BCUT2D eigenvalue weighted by molar-refractivity contribution is 0.117. The first-order valence-electron chi connectivity index (χ1n) is 10.5. The zero-order valence-electron chi connectivity index (χ0n) is 17.3. The van der Waals surface area contributed by atoms with E-state index in [1.54, 1.807) is 35.2 Å². The van der Waals surface area contributed by atoms with Crippen molar-refractivity contribution in [3.8, 4) is 17.0 Å². The number of halogens is 1. The van der Waals surface area contributed by atoms with E-state index in [4.69, 9.17) is 9.73 Å². The lowest BCUT2D eigenvalue weighted by atomic mass is 10.0. The summed E-state index contributed by atoms with van der Waals surface area (Å²) in [5, 5.41) is 18.9. The van der Waals surface area contributed by atoms with Gasteiger partial charge in [-0.15, -0.1) is 11.3 Å². The van der Waals surface area contributed by atoms with Crippen LogP contribution in [-0.2, 0) is 4.74 Å². The van der Waals surface area contributed by atoms with Crippen molar-refractivity contribution in [1.82, 2.24) is 4.68 Å². The minimum Gasteiger partial charge on any atom is -0.507 e. The molecule has 1 saturated heterocycles. The summed E-state index contributed by atoms with van der Waals surface area (Å²) in [6.45, 7) is 1.30. The third-order valence-electron chi connectivity index (χ3n) is 5.54. The summed E-state index contributed by atoms with van der Waals surface area (Å²) < 4.78 is 21.9. The molecule has 32 heavy (non-hydrogen) atoms. The predicted molar refractivity (Wildman–Crippen MR) is 126 cm³/mol. The second-order valence-corrected chi connectivity index (χ2v) is 8.47. The summed E-state index contributed by atoms with van der Waals surface area (Å²) in [7, 11) is 0. The first-order chi connectivity index (χ1) is 15.7. The number of phenols is 1. The normalized spacial score (nSPS) is 17.0. The maximum Gasteiger partial charge on any atom is 0.206 e. The van der Waals surface area contributed by atoms with Crippen LogP contribution in [0.25, 0.3) is 22.0 Å². The molecule has 0 aliphatic carbocycles. The van der Waals surface area contributed by atoms with Gasteiger partial charge in [0.1, 0.15) is 11.6 Å². The summed E-state index contributed by atoms with van der Waals surface area (Å²) in [4.78, 5) is 5.37. The Bertz CT molecular complexity index is 1350. The highest BCUT2D eigenvalue weighted by atomic mass is 32.1. The number of aromatic nitrogens is 1. The standard InChI is InChI=1S/C25H22FN3O2S/c26-22-10-4-3-9-20(22)23-16-32-25(27-14-18-7-5-13-31-18)29(23)28-15-21-19-8-2-1-6-17(19)11-12-24(21)30/h1-4,6,8-12,15-16,18,30H,5,7,13-14H2. The molecule has 1 aromatic heterocycles. The van der Waals surface area contributed by atoms with Crippen molar-refractivity contribution in [1.29, 1.82) is 0 Å². The van der Waals surface area contributed by atoms with E-state index in [0.29, 0.717) is 28.2 Å². The number of rotatable bonds is 5. The molecule has 1 atom stereocenters. The summed E-state index contributed by atoms with van der Waals surface area (Å²) in [6.07, 6.45) is 3.75. The van der Waals surface area contributed by atoms with Crippen LogP contribution in [0, 0.1) is 5.82 Å². The SMILES string of the molecule is Oc1ccc2ccccc2c1C=Nn1c(-c2ccccc2F)csc1=NCC1CCCO1. The summed E-state index contributed by atoms with van der Waals surface area (Å²) >= 11 is 1.40. The molecule has 4 aromatic rings. The third-order valence-corrected chi connectivity index (χ3v) is 6.39. The monoisotopic (exact) mass is 447 g/mol. The fourth-order valence-electron chi connectivity index (χ4n) is 3.88. The van der Waals surface area contributed by atoms with Crippen LogP contribution in [0.1, 0.15) is 18.4 Å². The average molecular weight is 448 g/mol. The van der Waals surface area contributed by atoms with E-state index < -0.39 is 0 Å². The van der Waals surface area contributed by atoms with Crippen molar-refractivity contribution in [2.24, 2.45) is 10.1 Å². The fraction of sp³-hybridized carbons (Fsp3) is 0.200. The Morgan fingerprint density at radius 3 is 2.81 bits per heavy atom. The van der Waals surface area contributed by atoms with E-state index in [0.717, 1.165) is 30.2 Å². The van der Waals surface area contributed by atoms with Crippen LogP contribution in [-0.4, -0.2) is 35.3 Å². The Balaban J connectivity index is 1.62. The summed E-state index contributed by atoms with van der Waals surface area (Å²) in [6, 6.07) is 17.9. The van der Waals surface area contributed by atoms with Gasteiger partial charge in [-0.05, 0) is 41.8 Å². The largest absolute Gasteiger partial charge is 0.507 e. The van der Waals surface area contributed by atoms with Gasteiger partial charge in [0, 0.05) is 23.1 Å². The van der Waals surface area contributed by atoms with E-state index in [1.807, 2.05) is 35.7 Å². The van der Waals surface area contributed by atoms with Gasteiger partial charge in [0.2, 0.25) is 4.80 Å². The van der Waals surface area contributed by atoms with Crippen LogP contribution in [0.15, 0.2) is 76.1 Å². The predicted octanol–water partition coefficient (Wildman–Crippen LogP) is 5.18. The van der Waals surface area contributed by atoms with Gasteiger partial charge in [-0.3, -0.25) is 4.99 Å². The van der Waals surface area contributed by atoms with Crippen LogP contribution in [0.5, 0.6) is 5.75 Å². The van der Waals surface area contributed by atoms with Crippen molar-refractivity contribution in [2.75, 3.05) is 13.2 Å². The zero-order valence-corrected chi connectivity index (χ0v) is 18.1. The molecule has 1 aliphatic rings. The Morgan fingerprint density at radius 2 is 1.97 bits per heavy atom. The average Bonchev–Trinajstić information content (AvgIpc) is 3.47. The van der Waals surface area contributed by atoms with Crippen molar-refractivity contribution >= 4 is 28.3 Å². The molecule has 0 radical (unpaired) electrons. The molecule has 0 amide bonds. The molecule has 3 aromatic carbocycles. The van der Waals surface area contributed by atoms with Gasteiger partial charge >= 0.3 is 0 Å². The number of ether oxygens (including phenoxy) is 1. The number of fused-ring (bicyclic) bond motifs is 1. The highest BCUT2D eigenvalue weighted by Crippen LogP contribution is 2.27. The van der Waals surface area contributed by atoms with Gasteiger partial charge in [0.25, 0.3) is 0 Å². The first-order valence-corrected chi connectivity index (χ1v) is 11.4. The Hall–Kier alpha value is -3.29. The second-order valence-electron chi connectivity index (χ2n) is 7.63. The van der Waals surface area contributed by atoms with E-state index in [-0.39, 0.29) is 17.7 Å². The number of hydrogen-bond acceptors (Lipinski definition) is 5. The van der Waals surface area contributed by atoms with Crippen molar-refractivity contribution in [2.45, 2.75) is 18.9 Å². The van der Waals surface area contributed by atoms with Gasteiger partial charge in [-0.25, -0.2) is 9.07 Å². The molecule has 2 heterocycles. The molecule has 5 rings (SSSR count). The second kappa shape index (κ2) is 9.06. The van der Waals surface area contributed by atoms with Gasteiger partial charge < -0.3 is 9.84 Å². The van der Waals surface area contributed by atoms with E-state index in [2.05, 4.69) is 5.10 Å². The topological polar surface area (TPSA) is 59.1 Å². The van der Waals surface area contributed by atoms with Crippen LogP contribution >= 0.6 is 11.3 Å². The molecule has 7 heteroatoms. The number of aromatic hydroxyl groups is 1. The molecule has 5 nitrogen and oxygen atoms in total. The van der Waals surface area contributed by atoms with Crippen molar-refractivity contribution in [3.05, 3.63) is 82.2 Å². The quantitative estimate of drug-likeness (QED) is 0.429. The molecular formula is C25H22FN3O2S. The minimum atomic E-state index is -0.326. The minimum absolute atomic E-state index is 0.105. The third kappa shape index (κ3) is 4.09. The smallest absolute Gasteiger partial charge is 0.206 e. The Morgan fingerprint density at radius 1 is 1.12 bits per heavy atom.